The lowest BCUT2D eigenvalue weighted by Gasteiger charge is -2.21. The van der Waals surface area contributed by atoms with Gasteiger partial charge in [0.05, 0.1) is 0 Å². The first-order chi connectivity index (χ1) is 9.91. The Kier molecular flexibility index (Phi) is 5.05. The average molecular weight is 313 g/mol. The van der Waals surface area contributed by atoms with Gasteiger partial charge in [-0.15, -0.1) is 0 Å². The van der Waals surface area contributed by atoms with Crippen LogP contribution in [0.2, 0.25) is 0 Å². The van der Waals surface area contributed by atoms with Crippen LogP contribution in [0.25, 0.3) is 0 Å². The van der Waals surface area contributed by atoms with Crippen molar-refractivity contribution in [3.8, 4) is 0 Å². The Labute approximate surface area is 125 Å². The molecule has 3 N–H and O–H groups in total. The molecule has 1 aromatic heterocycles. The first-order valence-electron chi connectivity index (χ1n) is 7.43. The summed E-state index contributed by atoms with van der Waals surface area (Å²) in [6.45, 7) is 3.02. The molecule has 0 bridgehead atoms. The number of aryl methyl sites for hydroxylation is 1. The van der Waals surface area contributed by atoms with E-state index in [1.165, 1.54) is 31.5 Å². The van der Waals surface area contributed by atoms with Crippen molar-refractivity contribution in [2.45, 2.75) is 50.5 Å². The molecule has 0 spiro atoms. The van der Waals surface area contributed by atoms with Gasteiger partial charge in [-0.3, -0.25) is 4.79 Å². The normalized spacial score (nSPS) is 16.9. The van der Waals surface area contributed by atoms with E-state index in [0.29, 0.717) is 24.7 Å². The van der Waals surface area contributed by atoms with Crippen LogP contribution in [-0.2, 0) is 16.6 Å². The van der Waals surface area contributed by atoms with Gasteiger partial charge in [0.2, 0.25) is 10.0 Å². The fraction of sp³-hybridized carbons (Fsp3) is 0.643. The van der Waals surface area contributed by atoms with Crippen LogP contribution in [0, 0.1) is 5.92 Å². The van der Waals surface area contributed by atoms with Crippen molar-refractivity contribution in [3.63, 3.8) is 0 Å². The van der Waals surface area contributed by atoms with Crippen LogP contribution in [-0.4, -0.2) is 25.4 Å². The predicted molar refractivity (Wildman–Crippen MR) is 80.4 cm³/mol. The maximum absolute atomic E-state index is 12.2. The highest BCUT2D eigenvalue weighted by Gasteiger charge is 2.20. The van der Waals surface area contributed by atoms with E-state index in [4.69, 9.17) is 5.14 Å². The maximum Gasteiger partial charge on any atom is 0.267 e. The second-order valence-electron chi connectivity index (χ2n) is 5.61. The summed E-state index contributed by atoms with van der Waals surface area (Å²) in [4.78, 5) is 12.2. The van der Waals surface area contributed by atoms with Gasteiger partial charge < -0.3 is 9.88 Å². The van der Waals surface area contributed by atoms with Crippen molar-refractivity contribution in [3.05, 3.63) is 18.0 Å². The number of aromatic nitrogens is 1. The quantitative estimate of drug-likeness (QED) is 0.861. The van der Waals surface area contributed by atoms with Crippen LogP contribution in [0.3, 0.4) is 0 Å². The molecule has 0 atom stereocenters. The number of primary sulfonamides is 1. The summed E-state index contributed by atoms with van der Waals surface area (Å²) in [7, 11) is -3.78. The number of amides is 1. The molecule has 1 saturated carbocycles. The number of nitrogens with one attached hydrogen (secondary N) is 1. The molecule has 1 fully saturated rings. The summed E-state index contributed by atoms with van der Waals surface area (Å²) in [6, 6.07) is 1.34. The van der Waals surface area contributed by atoms with Gasteiger partial charge in [0.25, 0.3) is 5.91 Å². The largest absolute Gasteiger partial charge is 0.350 e. The van der Waals surface area contributed by atoms with Crippen LogP contribution in [0.5, 0.6) is 0 Å². The monoisotopic (exact) mass is 313 g/mol. The van der Waals surface area contributed by atoms with Crippen molar-refractivity contribution in [2.75, 3.05) is 6.54 Å². The number of sulfonamides is 1. The average Bonchev–Trinajstić information content (AvgIpc) is 2.90. The van der Waals surface area contributed by atoms with Crippen LogP contribution in [0.4, 0.5) is 0 Å². The van der Waals surface area contributed by atoms with Crippen LogP contribution in [0.15, 0.2) is 17.2 Å². The minimum atomic E-state index is -3.78. The second kappa shape index (κ2) is 6.62. The Bertz CT molecular complexity index is 601. The Hall–Kier alpha value is -1.34. The zero-order valence-electron chi connectivity index (χ0n) is 12.3. The topological polar surface area (TPSA) is 94.2 Å². The van der Waals surface area contributed by atoms with Gasteiger partial charge in [-0.25, -0.2) is 13.6 Å². The molecule has 0 radical (unpaired) electrons. The molecule has 0 aromatic carbocycles. The van der Waals surface area contributed by atoms with Crippen LogP contribution < -0.4 is 10.5 Å². The van der Waals surface area contributed by atoms with E-state index in [0.717, 1.165) is 12.8 Å². The molecular weight excluding hydrogens is 290 g/mol. The highest BCUT2D eigenvalue weighted by atomic mass is 32.2. The predicted octanol–water partition coefficient (Wildman–Crippen LogP) is 1.47. The Balaban J connectivity index is 2.05. The summed E-state index contributed by atoms with van der Waals surface area (Å²) in [5.74, 6) is 0.294. The van der Waals surface area contributed by atoms with Crippen molar-refractivity contribution < 1.29 is 13.2 Å². The number of carbonyl (C=O) groups excluding carboxylic acids is 1. The van der Waals surface area contributed by atoms with Crippen molar-refractivity contribution in [1.82, 2.24) is 9.88 Å². The molecule has 1 aliphatic carbocycles. The minimum Gasteiger partial charge on any atom is -0.350 e. The van der Waals surface area contributed by atoms with E-state index in [1.54, 1.807) is 4.57 Å². The number of hydrogen-bond acceptors (Lipinski definition) is 3. The molecule has 1 aromatic rings. The maximum atomic E-state index is 12.2. The Morgan fingerprint density at radius 3 is 2.62 bits per heavy atom. The second-order valence-corrected chi connectivity index (χ2v) is 7.17. The van der Waals surface area contributed by atoms with E-state index >= 15 is 0 Å². The lowest BCUT2D eigenvalue weighted by atomic mass is 9.89. The first-order valence-corrected chi connectivity index (χ1v) is 8.97. The van der Waals surface area contributed by atoms with Gasteiger partial charge in [0.1, 0.15) is 10.6 Å². The summed E-state index contributed by atoms with van der Waals surface area (Å²) >= 11 is 0. The zero-order chi connectivity index (χ0) is 15.5. The van der Waals surface area contributed by atoms with Gasteiger partial charge in [-0.05, 0) is 31.7 Å². The number of hydrogen-bond donors (Lipinski definition) is 2. The Morgan fingerprint density at radius 2 is 2.05 bits per heavy atom. The molecule has 0 saturated heterocycles. The van der Waals surface area contributed by atoms with Gasteiger partial charge in [-0.1, -0.05) is 19.3 Å². The zero-order valence-corrected chi connectivity index (χ0v) is 13.2. The minimum absolute atomic E-state index is 0.0211. The molecule has 1 amide bonds. The molecule has 1 heterocycles. The number of rotatable bonds is 5. The first kappa shape index (κ1) is 16.0. The van der Waals surface area contributed by atoms with Crippen molar-refractivity contribution >= 4 is 15.9 Å². The molecule has 7 heteroatoms. The fourth-order valence-corrected chi connectivity index (χ4v) is 3.36. The summed E-state index contributed by atoms with van der Waals surface area (Å²) in [6.07, 6.45) is 7.43. The van der Waals surface area contributed by atoms with Crippen LogP contribution in [0.1, 0.15) is 49.5 Å². The van der Waals surface area contributed by atoms with Crippen molar-refractivity contribution in [2.24, 2.45) is 11.1 Å². The van der Waals surface area contributed by atoms with E-state index in [1.807, 2.05) is 6.92 Å². The third-order valence-electron chi connectivity index (χ3n) is 4.05. The number of nitrogens with two attached hydrogens (primary N) is 1. The molecule has 6 nitrogen and oxygen atoms in total. The summed E-state index contributed by atoms with van der Waals surface area (Å²) < 4.78 is 24.4. The third-order valence-corrected chi connectivity index (χ3v) is 4.93. The molecule has 1 aliphatic rings. The summed E-state index contributed by atoms with van der Waals surface area (Å²) in [5, 5.41) is 8.02. The van der Waals surface area contributed by atoms with E-state index in [-0.39, 0.29) is 10.8 Å². The molecule has 21 heavy (non-hydrogen) atoms. The number of nitrogens with zero attached hydrogens (tertiary/aromatic N) is 1. The fourth-order valence-electron chi connectivity index (χ4n) is 2.81. The van der Waals surface area contributed by atoms with Gasteiger partial charge >= 0.3 is 0 Å². The van der Waals surface area contributed by atoms with Crippen molar-refractivity contribution in [1.29, 1.82) is 0 Å². The molecule has 0 unspecified atom stereocenters. The van der Waals surface area contributed by atoms with E-state index < -0.39 is 10.0 Å². The molecule has 0 aliphatic heterocycles. The highest BCUT2D eigenvalue weighted by Crippen LogP contribution is 2.23. The van der Waals surface area contributed by atoms with E-state index in [2.05, 4.69) is 5.32 Å². The standard InChI is InChI=1S/C14H23N3O3S/c1-2-17-10-12(21(15,19)20)8-13(17)14(18)16-9-11-6-4-3-5-7-11/h8,10-11H,2-7,9H2,1H3,(H,16,18)(H2,15,19,20). The molecule has 2 rings (SSSR count). The van der Waals surface area contributed by atoms with Crippen LogP contribution >= 0.6 is 0 Å². The van der Waals surface area contributed by atoms with Gasteiger partial charge in [0.15, 0.2) is 0 Å². The molecule has 118 valence electrons. The molecular formula is C14H23N3O3S. The van der Waals surface area contributed by atoms with Gasteiger partial charge in [0, 0.05) is 19.3 Å². The summed E-state index contributed by atoms with van der Waals surface area (Å²) in [5.41, 5.74) is 0.345. The lowest BCUT2D eigenvalue weighted by Crippen LogP contribution is -2.31. The van der Waals surface area contributed by atoms with Gasteiger partial charge in [-0.2, -0.15) is 0 Å². The lowest BCUT2D eigenvalue weighted by molar-refractivity contribution is 0.0934. The van der Waals surface area contributed by atoms with E-state index in [9.17, 15) is 13.2 Å². The Morgan fingerprint density at radius 1 is 1.38 bits per heavy atom. The highest BCUT2D eigenvalue weighted by molar-refractivity contribution is 7.89. The SMILES string of the molecule is CCn1cc(S(N)(=O)=O)cc1C(=O)NCC1CCCCC1. The smallest absolute Gasteiger partial charge is 0.267 e. The number of carbonyl (C=O) groups is 1. The third kappa shape index (κ3) is 4.07.